The molecule has 0 amide bonds. The van der Waals surface area contributed by atoms with Crippen molar-refractivity contribution < 1.29 is 4.42 Å². The van der Waals surface area contributed by atoms with Gasteiger partial charge in [-0.3, -0.25) is 0 Å². The zero-order valence-electron chi connectivity index (χ0n) is 7.32. The van der Waals surface area contributed by atoms with Gasteiger partial charge in [0.1, 0.15) is 0 Å². The molecule has 1 atom stereocenters. The van der Waals surface area contributed by atoms with Crippen LogP contribution >= 0.6 is 11.8 Å². The minimum absolute atomic E-state index is 0.643. The fraction of sp³-hybridized carbons (Fsp3) is 0.556. The van der Waals surface area contributed by atoms with Crippen LogP contribution in [0.4, 0.5) is 0 Å². The normalized spacial score (nSPS) is 13.2. The third kappa shape index (κ3) is 3.32. The molecule has 12 heavy (non-hydrogen) atoms. The Balaban J connectivity index is 2.17. The minimum Gasteiger partial charge on any atom is -0.472 e. The summed E-state index contributed by atoms with van der Waals surface area (Å²) in [5, 5.41) is 0.643. The van der Waals surface area contributed by atoms with E-state index in [1.54, 1.807) is 12.5 Å². The predicted octanol–water partition coefficient (Wildman–Crippen LogP) is 2.25. The monoisotopic (exact) mass is 185 g/mol. The van der Waals surface area contributed by atoms with E-state index in [4.69, 9.17) is 10.2 Å². The van der Waals surface area contributed by atoms with Crippen LogP contribution in [-0.2, 0) is 5.75 Å². The summed E-state index contributed by atoms with van der Waals surface area (Å²) in [7, 11) is 0. The molecule has 1 aromatic rings. The molecule has 3 heteroatoms. The molecule has 0 aliphatic heterocycles. The van der Waals surface area contributed by atoms with Gasteiger partial charge in [0.05, 0.1) is 12.5 Å². The molecule has 0 radical (unpaired) electrons. The van der Waals surface area contributed by atoms with E-state index >= 15 is 0 Å². The van der Waals surface area contributed by atoms with Crippen LogP contribution in [0.25, 0.3) is 0 Å². The van der Waals surface area contributed by atoms with E-state index in [9.17, 15) is 0 Å². The van der Waals surface area contributed by atoms with Crippen LogP contribution in [-0.4, -0.2) is 11.8 Å². The van der Waals surface area contributed by atoms with Gasteiger partial charge in [-0.25, -0.2) is 0 Å². The summed E-state index contributed by atoms with van der Waals surface area (Å²) < 4.78 is 4.97. The Morgan fingerprint density at radius 1 is 1.67 bits per heavy atom. The van der Waals surface area contributed by atoms with Crippen molar-refractivity contribution in [1.82, 2.24) is 0 Å². The van der Waals surface area contributed by atoms with Gasteiger partial charge in [-0.1, -0.05) is 6.92 Å². The average Bonchev–Trinajstić information content (AvgIpc) is 2.53. The van der Waals surface area contributed by atoms with E-state index in [-0.39, 0.29) is 0 Å². The lowest BCUT2D eigenvalue weighted by Gasteiger charge is -2.07. The Bertz CT molecular complexity index is 198. The summed E-state index contributed by atoms with van der Waals surface area (Å²) in [5.74, 6) is 1.03. The summed E-state index contributed by atoms with van der Waals surface area (Å²) in [6, 6.07) is 2.00. The molecule has 1 heterocycles. The van der Waals surface area contributed by atoms with E-state index in [0.29, 0.717) is 5.25 Å². The lowest BCUT2D eigenvalue weighted by Crippen LogP contribution is -2.06. The molecule has 2 N–H and O–H groups in total. The Hall–Kier alpha value is -0.410. The van der Waals surface area contributed by atoms with Crippen LogP contribution in [0.1, 0.15) is 18.9 Å². The second-order valence-electron chi connectivity index (χ2n) is 2.83. The fourth-order valence-electron chi connectivity index (χ4n) is 0.931. The molecule has 0 aromatic carbocycles. The number of hydrogen-bond acceptors (Lipinski definition) is 3. The summed E-state index contributed by atoms with van der Waals surface area (Å²) in [5.41, 5.74) is 6.70. The first-order valence-corrected chi connectivity index (χ1v) is 5.20. The molecule has 1 rings (SSSR count). The fourth-order valence-corrected chi connectivity index (χ4v) is 1.88. The van der Waals surface area contributed by atoms with Gasteiger partial charge in [-0.15, -0.1) is 0 Å². The maximum absolute atomic E-state index is 5.45. The highest BCUT2D eigenvalue weighted by Crippen LogP contribution is 2.19. The van der Waals surface area contributed by atoms with Crippen LogP contribution in [0.15, 0.2) is 23.0 Å². The van der Waals surface area contributed by atoms with Crippen LogP contribution in [0.2, 0.25) is 0 Å². The molecule has 0 aliphatic carbocycles. The topological polar surface area (TPSA) is 39.2 Å². The smallest absolute Gasteiger partial charge is 0.0942 e. The number of rotatable bonds is 5. The molecule has 0 fully saturated rings. The number of nitrogens with two attached hydrogens (primary N) is 1. The quantitative estimate of drug-likeness (QED) is 0.764. The van der Waals surface area contributed by atoms with Crippen molar-refractivity contribution in [3.05, 3.63) is 24.2 Å². The standard InChI is InChI=1S/C9H15NOS/c1-8(2-4-10)12-7-9-3-5-11-6-9/h3,5-6,8H,2,4,7,10H2,1H3. The maximum Gasteiger partial charge on any atom is 0.0942 e. The molecule has 0 aliphatic rings. The predicted molar refractivity (Wildman–Crippen MR) is 53.1 cm³/mol. The van der Waals surface area contributed by atoms with E-state index in [1.807, 2.05) is 17.8 Å². The first kappa shape index (κ1) is 9.68. The Kier molecular flexibility index (Phi) is 4.25. The second-order valence-corrected chi connectivity index (χ2v) is 4.26. The third-order valence-electron chi connectivity index (χ3n) is 1.69. The lowest BCUT2D eigenvalue weighted by molar-refractivity contribution is 0.565. The first-order valence-electron chi connectivity index (χ1n) is 4.15. The van der Waals surface area contributed by atoms with Crippen molar-refractivity contribution >= 4 is 11.8 Å². The largest absolute Gasteiger partial charge is 0.472 e. The van der Waals surface area contributed by atoms with E-state index < -0.39 is 0 Å². The molecule has 0 spiro atoms. The molecule has 1 aromatic heterocycles. The summed E-state index contributed by atoms with van der Waals surface area (Å²) in [6.07, 6.45) is 4.59. The Labute approximate surface area is 77.5 Å². The molecular formula is C9H15NOS. The van der Waals surface area contributed by atoms with Crippen LogP contribution < -0.4 is 5.73 Å². The zero-order chi connectivity index (χ0) is 8.81. The Morgan fingerprint density at radius 3 is 3.08 bits per heavy atom. The molecule has 0 saturated carbocycles. The highest BCUT2D eigenvalue weighted by molar-refractivity contribution is 7.99. The van der Waals surface area contributed by atoms with Crippen LogP contribution in [0.3, 0.4) is 0 Å². The Morgan fingerprint density at radius 2 is 2.50 bits per heavy atom. The summed E-state index contributed by atoms with van der Waals surface area (Å²) >= 11 is 1.92. The number of thioether (sulfide) groups is 1. The van der Waals surface area contributed by atoms with Gasteiger partial charge in [0.25, 0.3) is 0 Å². The number of furan rings is 1. The summed E-state index contributed by atoms with van der Waals surface area (Å²) in [4.78, 5) is 0. The van der Waals surface area contributed by atoms with Crippen LogP contribution in [0, 0.1) is 0 Å². The van der Waals surface area contributed by atoms with Gasteiger partial charge in [0.2, 0.25) is 0 Å². The van der Waals surface area contributed by atoms with Crippen molar-refractivity contribution in [2.45, 2.75) is 24.3 Å². The SMILES string of the molecule is CC(CCN)SCc1ccoc1. The zero-order valence-corrected chi connectivity index (χ0v) is 8.14. The van der Waals surface area contributed by atoms with Gasteiger partial charge < -0.3 is 10.2 Å². The minimum atomic E-state index is 0.643. The van der Waals surface area contributed by atoms with Crippen molar-refractivity contribution in [2.24, 2.45) is 5.73 Å². The van der Waals surface area contributed by atoms with Crippen LogP contribution in [0.5, 0.6) is 0 Å². The highest BCUT2D eigenvalue weighted by Gasteiger charge is 2.01. The van der Waals surface area contributed by atoms with Crippen molar-refractivity contribution in [2.75, 3.05) is 6.54 Å². The molecular weight excluding hydrogens is 170 g/mol. The number of hydrogen-bond donors (Lipinski definition) is 1. The van der Waals surface area contributed by atoms with E-state index in [2.05, 4.69) is 6.92 Å². The maximum atomic E-state index is 5.45. The lowest BCUT2D eigenvalue weighted by atomic mass is 10.3. The molecule has 68 valence electrons. The second kappa shape index (κ2) is 5.27. The molecule has 0 bridgehead atoms. The van der Waals surface area contributed by atoms with E-state index in [0.717, 1.165) is 18.7 Å². The molecule has 0 saturated heterocycles. The van der Waals surface area contributed by atoms with Crippen molar-refractivity contribution in [1.29, 1.82) is 0 Å². The molecule has 1 unspecified atom stereocenters. The third-order valence-corrected chi connectivity index (χ3v) is 2.99. The van der Waals surface area contributed by atoms with Crippen molar-refractivity contribution in [3.8, 4) is 0 Å². The van der Waals surface area contributed by atoms with Gasteiger partial charge in [-0.2, -0.15) is 11.8 Å². The van der Waals surface area contributed by atoms with Gasteiger partial charge in [0, 0.05) is 16.6 Å². The summed E-state index contributed by atoms with van der Waals surface area (Å²) in [6.45, 7) is 2.98. The first-order chi connectivity index (χ1) is 5.83. The van der Waals surface area contributed by atoms with Gasteiger partial charge in [-0.05, 0) is 19.0 Å². The van der Waals surface area contributed by atoms with Crippen molar-refractivity contribution in [3.63, 3.8) is 0 Å². The van der Waals surface area contributed by atoms with Gasteiger partial charge >= 0.3 is 0 Å². The highest BCUT2D eigenvalue weighted by atomic mass is 32.2. The molecule has 2 nitrogen and oxygen atoms in total. The average molecular weight is 185 g/mol. The van der Waals surface area contributed by atoms with E-state index in [1.165, 1.54) is 5.56 Å². The van der Waals surface area contributed by atoms with Gasteiger partial charge in [0.15, 0.2) is 0 Å².